The number of nitrogens with zero attached hydrogens (tertiary/aromatic N) is 2. The van der Waals surface area contributed by atoms with E-state index in [4.69, 9.17) is 5.11 Å². The molecule has 0 spiro atoms. The first-order valence-corrected chi connectivity index (χ1v) is 4.79. The van der Waals surface area contributed by atoms with Crippen molar-refractivity contribution in [1.82, 2.24) is 9.78 Å². The summed E-state index contributed by atoms with van der Waals surface area (Å²) in [6.07, 6.45) is 1.98. The summed E-state index contributed by atoms with van der Waals surface area (Å²) in [6, 6.07) is 0. The Hall–Kier alpha value is -1.32. The second kappa shape index (κ2) is 4.26. The highest BCUT2D eigenvalue weighted by atomic mass is 16.4. The standard InChI is InChI=1S/C10H16N2O2/c1-4-5-8-7(2)11-12(3)9(8)6-10(13)14/h4-6H2,1-3H3,(H,13,14). The van der Waals surface area contributed by atoms with Crippen LogP contribution in [0.2, 0.25) is 0 Å². The van der Waals surface area contributed by atoms with Gasteiger partial charge in [0, 0.05) is 7.05 Å². The van der Waals surface area contributed by atoms with E-state index in [9.17, 15) is 4.79 Å². The Balaban J connectivity index is 3.04. The van der Waals surface area contributed by atoms with E-state index in [1.807, 2.05) is 6.92 Å². The van der Waals surface area contributed by atoms with Gasteiger partial charge in [0.25, 0.3) is 0 Å². The van der Waals surface area contributed by atoms with Crippen molar-refractivity contribution in [3.8, 4) is 0 Å². The van der Waals surface area contributed by atoms with Crippen LogP contribution < -0.4 is 0 Å². The van der Waals surface area contributed by atoms with Crippen LogP contribution in [-0.2, 0) is 24.7 Å². The van der Waals surface area contributed by atoms with Crippen molar-refractivity contribution < 1.29 is 9.90 Å². The number of aryl methyl sites for hydroxylation is 2. The topological polar surface area (TPSA) is 55.1 Å². The average Bonchev–Trinajstić information content (AvgIpc) is 2.31. The third kappa shape index (κ3) is 2.13. The molecular formula is C10H16N2O2. The van der Waals surface area contributed by atoms with E-state index in [1.54, 1.807) is 11.7 Å². The highest BCUT2D eigenvalue weighted by Gasteiger charge is 2.14. The summed E-state index contributed by atoms with van der Waals surface area (Å²) in [4.78, 5) is 10.6. The van der Waals surface area contributed by atoms with Crippen LogP contribution in [0.4, 0.5) is 0 Å². The van der Waals surface area contributed by atoms with Gasteiger partial charge in [0.05, 0.1) is 17.8 Å². The van der Waals surface area contributed by atoms with Gasteiger partial charge in [-0.1, -0.05) is 13.3 Å². The molecule has 14 heavy (non-hydrogen) atoms. The molecule has 0 amide bonds. The van der Waals surface area contributed by atoms with Crippen LogP contribution in [0.25, 0.3) is 0 Å². The molecule has 0 fully saturated rings. The summed E-state index contributed by atoms with van der Waals surface area (Å²) in [5, 5.41) is 13.0. The van der Waals surface area contributed by atoms with Crippen LogP contribution in [0.3, 0.4) is 0 Å². The van der Waals surface area contributed by atoms with Crippen molar-refractivity contribution in [2.45, 2.75) is 33.1 Å². The van der Waals surface area contributed by atoms with Gasteiger partial charge < -0.3 is 5.11 Å². The second-order valence-electron chi connectivity index (χ2n) is 3.45. The second-order valence-corrected chi connectivity index (χ2v) is 3.45. The van der Waals surface area contributed by atoms with Crippen LogP contribution in [0, 0.1) is 6.92 Å². The molecule has 0 aliphatic rings. The van der Waals surface area contributed by atoms with E-state index in [0.29, 0.717) is 0 Å². The lowest BCUT2D eigenvalue weighted by Crippen LogP contribution is -2.08. The Labute approximate surface area is 83.5 Å². The molecule has 0 saturated heterocycles. The highest BCUT2D eigenvalue weighted by Crippen LogP contribution is 2.15. The molecule has 1 N–H and O–H groups in total. The van der Waals surface area contributed by atoms with Gasteiger partial charge in [0.2, 0.25) is 0 Å². The monoisotopic (exact) mass is 196 g/mol. The van der Waals surface area contributed by atoms with Gasteiger partial charge in [0.1, 0.15) is 0 Å². The quantitative estimate of drug-likeness (QED) is 0.789. The van der Waals surface area contributed by atoms with Gasteiger partial charge >= 0.3 is 5.97 Å². The zero-order valence-corrected chi connectivity index (χ0v) is 8.87. The Morgan fingerprint density at radius 1 is 1.57 bits per heavy atom. The Bertz CT molecular complexity index is 342. The number of carboxylic acid groups (broad SMARTS) is 1. The number of hydrogen-bond acceptors (Lipinski definition) is 2. The fourth-order valence-corrected chi connectivity index (χ4v) is 1.69. The molecule has 0 radical (unpaired) electrons. The predicted octanol–water partition coefficient (Wildman–Crippen LogP) is 1.31. The van der Waals surface area contributed by atoms with Gasteiger partial charge in [-0.15, -0.1) is 0 Å². The van der Waals surface area contributed by atoms with Crippen LogP contribution in [0.1, 0.15) is 30.3 Å². The van der Waals surface area contributed by atoms with Crippen molar-refractivity contribution in [2.75, 3.05) is 0 Å². The molecule has 4 heteroatoms. The van der Waals surface area contributed by atoms with Crippen LogP contribution in [-0.4, -0.2) is 20.9 Å². The molecule has 0 saturated carbocycles. The minimum absolute atomic E-state index is 0.0622. The molecule has 1 aromatic heterocycles. The average molecular weight is 196 g/mol. The summed E-state index contributed by atoms with van der Waals surface area (Å²) >= 11 is 0. The first kappa shape index (κ1) is 10.8. The van der Waals surface area contributed by atoms with E-state index in [0.717, 1.165) is 29.8 Å². The van der Waals surface area contributed by atoms with E-state index >= 15 is 0 Å². The predicted molar refractivity (Wildman–Crippen MR) is 53.3 cm³/mol. The zero-order valence-electron chi connectivity index (χ0n) is 8.87. The van der Waals surface area contributed by atoms with E-state index in [2.05, 4.69) is 12.0 Å². The Morgan fingerprint density at radius 3 is 2.71 bits per heavy atom. The summed E-state index contributed by atoms with van der Waals surface area (Å²) in [5.74, 6) is -0.801. The van der Waals surface area contributed by atoms with Crippen molar-refractivity contribution in [3.63, 3.8) is 0 Å². The van der Waals surface area contributed by atoms with Gasteiger partial charge in [-0.3, -0.25) is 9.48 Å². The lowest BCUT2D eigenvalue weighted by atomic mass is 10.1. The first-order valence-electron chi connectivity index (χ1n) is 4.79. The normalized spacial score (nSPS) is 10.5. The number of carbonyl (C=O) groups is 1. The molecule has 1 heterocycles. The molecule has 0 atom stereocenters. The lowest BCUT2D eigenvalue weighted by Gasteiger charge is -2.02. The molecule has 4 nitrogen and oxygen atoms in total. The van der Waals surface area contributed by atoms with Crippen molar-refractivity contribution in [1.29, 1.82) is 0 Å². The number of aliphatic carboxylic acids is 1. The number of rotatable bonds is 4. The Kier molecular flexibility index (Phi) is 3.28. The molecule has 0 aliphatic heterocycles. The van der Waals surface area contributed by atoms with Crippen LogP contribution in [0.5, 0.6) is 0 Å². The smallest absolute Gasteiger partial charge is 0.309 e. The summed E-state index contributed by atoms with van der Waals surface area (Å²) in [5.41, 5.74) is 2.87. The number of carboxylic acids is 1. The van der Waals surface area contributed by atoms with Crippen molar-refractivity contribution >= 4 is 5.97 Å². The third-order valence-corrected chi connectivity index (χ3v) is 2.29. The minimum Gasteiger partial charge on any atom is -0.481 e. The highest BCUT2D eigenvalue weighted by molar-refractivity contribution is 5.70. The molecule has 0 unspecified atom stereocenters. The fraction of sp³-hybridized carbons (Fsp3) is 0.600. The van der Waals surface area contributed by atoms with E-state index in [-0.39, 0.29) is 6.42 Å². The largest absolute Gasteiger partial charge is 0.481 e. The zero-order chi connectivity index (χ0) is 10.7. The lowest BCUT2D eigenvalue weighted by molar-refractivity contribution is -0.136. The van der Waals surface area contributed by atoms with E-state index in [1.165, 1.54) is 0 Å². The van der Waals surface area contributed by atoms with Crippen molar-refractivity contribution in [3.05, 3.63) is 17.0 Å². The van der Waals surface area contributed by atoms with Gasteiger partial charge in [-0.2, -0.15) is 5.10 Å². The molecular weight excluding hydrogens is 180 g/mol. The first-order chi connectivity index (χ1) is 6.56. The van der Waals surface area contributed by atoms with E-state index < -0.39 is 5.97 Å². The van der Waals surface area contributed by atoms with Crippen LogP contribution in [0.15, 0.2) is 0 Å². The maximum atomic E-state index is 10.6. The molecule has 78 valence electrons. The Morgan fingerprint density at radius 2 is 2.21 bits per heavy atom. The summed E-state index contributed by atoms with van der Waals surface area (Å²) in [6.45, 7) is 4.01. The van der Waals surface area contributed by atoms with Gasteiger partial charge in [-0.25, -0.2) is 0 Å². The molecule has 0 bridgehead atoms. The molecule has 0 aromatic carbocycles. The maximum Gasteiger partial charge on any atom is 0.309 e. The summed E-state index contributed by atoms with van der Waals surface area (Å²) < 4.78 is 1.68. The third-order valence-electron chi connectivity index (χ3n) is 2.29. The molecule has 1 aromatic rings. The maximum absolute atomic E-state index is 10.6. The minimum atomic E-state index is -0.801. The van der Waals surface area contributed by atoms with Gasteiger partial charge in [0.15, 0.2) is 0 Å². The molecule has 0 aliphatic carbocycles. The van der Waals surface area contributed by atoms with Gasteiger partial charge in [-0.05, 0) is 18.9 Å². The van der Waals surface area contributed by atoms with Crippen molar-refractivity contribution in [2.24, 2.45) is 7.05 Å². The fourth-order valence-electron chi connectivity index (χ4n) is 1.69. The summed E-state index contributed by atoms with van der Waals surface area (Å²) in [7, 11) is 1.80. The number of hydrogen-bond donors (Lipinski definition) is 1. The molecule has 1 rings (SSSR count). The SMILES string of the molecule is CCCc1c(C)nn(C)c1CC(=O)O. The van der Waals surface area contributed by atoms with Crippen LogP contribution >= 0.6 is 0 Å². The number of aromatic nitrogens is 2.